The molecule has 1 saturated carbocycles. The predicted octanol–water partition coefficient (Wildman–Crippen LogP) is 5.51. The van der Waals surface area contributed by atoms with Crippen LogP contribution in [-0.2, 0) is 0 Å². The fourth-order valence-electron chi connectivity index (χ4n) is 1.73. The molecule has 0 aromatic heterocycles. The van der Waals surface area contributed by atoms with Crippen molar-refractivity contribution < 1.29 is 4.39 Å². The molecule has 0 heterocycles. The lowest BCUT2D eigenvalue weighted by atomic mass is 9.99. The lowest BCUT2D eigenvalue weighted by Crippen LogP contribution is -1.95. The first-order valence-corrected chi connectivity index (χ1v) is 6.46. The van der Waals surface area contributed by atoms with E-state index in [4.69, 9.17) is 11.6 Å². The molecule has 2 heteroatoms. The van der Waals surface area contributed by atoms with Crippen LogP contribution in [0.3, 0.4) is 0 Å². The zero-order valence-electron chi connectivity index (χ0n) is 10.5. The Kier molecular flexibility index (Phi) is 4.79. The van der Waals surface area contributed by atoms with Gasteiger partial charge >= 0.3 is 0 Å². The molecule has 1 aromatic carbocycles. The van der Waals surface area contributed by atoms with Crippen LogP contribution in [0.5, 0.6) is 0 Å². The summed E-state index contributed by atoms with van der Waals surface area (Å²) in [6.07, 6.45) is 2.31. The molecule has 16 heavy (non-hydrogen) atoms. The zero-order chi connectivity index (χ0) is 12.3. The van der Waals surface area contributed by atoms with E-state index in [9.17, 15) is 4.39 Å². The summed E-state index contributed by atoms with van der Waals surface area (Å²) in [6.45, 7) is 7.96. The first-order valence-electron chi connectivity index (χ1n) is 6.08. The van der Waals surface area contributed by atoms with Crippen molar-refractivity contribution in [3.8, 4) is 0 Å². The van der Waals surface area contributed by atoms with E-state index in [0.717, 1.165) is 29.0 Å². The molecule has 0 saturated heterocycles. The standard InChI is InChI=1S/C12H14ClF.C2H6/c1-7(2)9-5-11(13)10(6-12(9)14)8-3-4-8;1-2/h5-8H,3-4H2,1-2H3;1-2H3. The summed E-state index contributed by atoms with van der Waals surface area (Å²) >= 11 is 6.11. The second-order valence-corrected chi connectivity index (χ2v) is 4.73. The normalized spacial score (nSPS) is 14.7. The summed E-state index contributed by atoms with van der Waals surface area (Å²) in [5, 5.41) is 0.734. The minimum absolute atomic E-state index is 0.105. The number of hydrogen-bond acceptors (Lipinski definition) is 0. The van der Waals surface area contributed by atoms with Gasteiger partial charge in [-0.05, 0) is 47.9 Å². The van der Waals surface area contributed by atoms with Gasteiger partial charge in [-0.3, -0.25) is 0 Å². The van der Waals surface area contributed by atoms with E-state index in [2.05, 4.69) is 0 Å². The van der Waals surface area contributed by atoms with E-state index in [-0.39, 0.29) is 11.7 Å². The smallest absolute Gasteiger partial charge is 0.127 e. The molecular formula is C14H20ClF. The quantitative estimate of drug-likeness (QED) is 0.642. The second kappa shape index (κ2) is 5.67. The van der Waals surface area contributed by atoms with Gasteiger partial charge in [0.2, 0.25) is 0 Å². The van der Waals surface area contributed by atoms with Crippen molar-refractivity contribution in [2.45, 2.75) is 52.4 Å². The molecule has 90 valence electrons. The predicted molar refractivity (Wildman–Crippen MR) is 68.8 cm³/mol. The van der Waals surface area contributed by atoms with Crippen molar-refractivity contribution in [1.29, 1.82) is 0 Å². The fourth-order valence-corrected chi connectivity index (χ4v) is 2.05. The van der Waals surface area contributed by atoms with Crippen molar-refractivity contribution in [3.05, 3.63) is 34.1 Å². The Morgan fingerprint density at radius 3 is 2.25 bits per heavy atom. The van der Waals surface area contributed by atoms with E-state index in [1.165, 1.54) is 0 Å². The second-order valence-electron chi connectivity index (χ2n) is 4.32. The molecule has 1 aliphatic carbocycles. The minimum atomic E-state index is -0.105. The lowest BCUT2D eigenvalue weighted by molar-refractivity contribution is 0.596. The Balaban J connectivity index is 0.000000606. The number of halogens is 2. The Morgan fingerprint density at radius 1 is 1.25 bits per heavy atom. The van der Waals surface area contributed by atoms with Gasteiger partial charge in [0.15, 0.2) is 0 Å². The first-order chi connectivity index (χ1) is 7.59. The SMILES string of the molecule is CC.CC(C)c1cc(Cl)c(C2CC2)cc1F. The third-order valence-corrected chi connectivity index (χ3v) is 3.08. The Labute approximate surface area is 103 Å². The molecular weight excluding hydrogens is 223 g/mol. The fraction of sp³-hybridized carbons (Fsp3) is 0.571. The maximum Gasteiger partial charge on any atom is 0.127 e. The monoisotopic (exact) mass is 242 g/mol. The highest BCUT2D eigenvalue weighted by atomic mass is 35.5. The third kappa shape index (κ3) is 2.98. The molecule has 0 bridgehead atoms. The highest BCUT2D eigenvalue weighted by molar-refractivity contribution is 6.31. The summed E-state index contributed by atoms with van der Waals surface area (Å²) in [6, 6.07) is 3.41. The topological polar surface area (TPSA) is 0 Å². The molecule has 0 aliphatic heterocycles. The Morgan fingerprint density at radius 2 is 1.81 bits per heavy atom. The van der Waals surface area contributed by atoms with Crippen LogP contribution in [0.2, 0.25) is 5.02 Å². The molecule has 0 unspecified atom stereocenters. The molecule has 0 N–H and O–H groups in total. The van der Waals surface area contributed by atoms with Gasteiger partial charge in [-0.2, -0.15) is 0 Å². The van der Waals surface area contributed by atoms with Crippen LogP contribution in [0.25, 0.3) is 0 Å². The van der Waals surface area contributed by atoms with E-state index in [1.807, 2.05) is 27.7 Å². The number of benzene rings is 1. The average molecular weight is 243 g/mol. The van der Waals surface area contributed by atoms with Crippen LogP contribution in [0.4, 0.5) is 4.39 Å². The van der Waals surface area contributed by atoms with Crippen molar-refractivity contribution in [1.82, 2.24) is 0 Å². The highest BCUT2D eigenvalue weighted by Gasteiger charge is 2.27. The molecule has 0 radical (unpaired) electrons. The van der Waals surface area contributed by atoms with Crippen molar-refractivity contribution in [2.24, 2.45) is 0 Å². The molecule has 0 atom stereocenters. The molecule has 1 fully saturated rings. The van der Waals surface area contributed by atoms with Crippen molar-refractivity contribution in [2.75, 3.05) is 0 Å². The van der Waals surface area contributed by atoms with Gasteiger partial charge in [0.05, 0.1) is 0 Å². The van der Waals surface area contributed by atoms with E-state index < -0.39 is 0 Å². The number of hydrogen-bond donors (Lipinski definition) is 0. The molecule has 2 rings (SSSR count). The summed E-state index contributed by atoms with van der Waals surface area (Å²) in [4.78, 5) is 0. The van der Waals surface area contributed by atoms with E-state index in [0.29, 0.717) is 5.92 Å². The van der Waals surface area contributed by atoms with Gasteiger partial charge in [0.25, 0.3) is 0 Å². The zero-order valence-corrected chi connectivity index (χ0v) is 11.2. The maximum absolute atomic E-state index is 13.6. The summed E-state index contributed by atoms with van der Waals surface area (Å²) in [7, 11) is 0. The van der Waals surface area contributed by atoms with Gasteiger partial charge in [-0.15, -0.1) is 0 Å². The van der Waals surface area contributed by atoms with E-state index >= 15 is 0 Å². The van der Waals surface area contributed by atoms with Crippen LogP contribution in [0.1, 0.15) is 63.5 Å². The minimum Gasteiger partial charge on any atom is -0.207 e. The van der Waals surface area contributed by atoms with Gasteiger partial charge < -0.3 is 0 Å². The van der Waals surface area contributed by atoms with Gasteiger partial charge in [0.1, 0.15) is 5.82 Å². The molecule has 0 amide bonds. The number of rotatable bonds is 2. The highest BCUT2D eigenvalue weighted by Crippen LogP contribution is 2.44. The maximum atomic E-state index is 13.6. The first kappa shape index (κ1) is 13.5. The Bertz CT molecular complexity index is 326. The van der Waals surface area contributed by atoms with E-state index in [1.54, 1.807) is 12.1 Å². The summed E-state index contributed by atoms with van der Waals surface area (Å²) in [5.74, 6) is 0.602. The van der Waals surface area contributed by atoms with Gasteiger partial charge in [-0.25, -0.2) is 4.39 Å². The molecule has 0 nitrogen and oxygen atoms in total. The van der Waals surface area contributed by atoms with Crippen molar-refractivity contribution >= 4 is 11.6 Å². The van der Waals surface area contributed by atoms with Crippen LogP contribution >= 0.6 is 11.6 Å². The van der Waals surface area contributed by atoms with Crippen LogP contribution in [0, 0.1) is 5.82 Å². The van der Waals surface area contributed by atoms with Gasteiger partial charge in [0, 0.05) is 5.02 Å². The summed E-state index contributed by atoms with van der Waals surface area (Å²) < 4.78 is 13.6. The van der Waals surface area contributed by atoms with Crippen LogP contribution in [-0.4, -0.2) is 0 Å². The van der Waals surface area contributed by atoms with Gasteiger partial charge in [-0.1, -0.05) is 39.3 Å². The lowest BCUT2D eigenvalue weighted by Gasteiger charge is -2.10. The largest absolute Gasteiger partial charge is 0.207 e. The molecule has 0 spiro atoms. The van der Waals surface area contributed by atoms with Crippen molar-refractivity contribution in [3.63, 3.8) is 0 Å². The van der Waals surface area contributed by atoms with Crippen LogP contribution < -0.4 is 0 Å². The molecule has 1 aliphatic rings. The third-order valence-electron chi connectivity index (χ3n) is 2.76. The summed E-state index contributed by atoms with van der Waals surface area (Å²) in [5.41, 5.74) is 1.72. The Hall–Kier alpha value is -0.560. The average Bonchev–Trinajstić information content (AvgIpc) is 3.07. The van der Waals surface area contributed by atoms with Crippen LogP contribution in [0.15, 0.2) is 12.1 Å². The molecule has 1 aromatic rings.